The van der Waals surface area contributed by atoms with Gasteiger partial charge in [0.2, 0.25) is 0 Å². The first-order valence-corrected chi connectivity index (χ1v) is 9.29. The molecule has 0 unspecified atom stereocenters. The summed E-state index contributed by atoms with van der Waals surface area (Å²) in [6, 6.07) is 2.08. The van der Waals surface area contributed by atoms with Crippen molar-refractivity contribution in [1.82, 2.24) is 20.1 Å². The Labute approximate surface area is 149 Å². The number of aromatic nitrogens is 3. The first-order valence-electron chi connectivity index (χ1n) is 9.29. The Balaban J connectivity index is 1.52. The van der Waals surface area contributed by atoms with E-state index in [1.54, 1.807) is 12.4 Å². The number of nitrogens with zero attached hydrogens (tertiary/aromatic N) is 3. The third-order valence-electron chi connectivity index (χ3n) is 4.94. The van der Waals surface area contributed by atoms with Crippen LogP contribution in [0.5, 0.6) is 0 Å². The summed E-state index contributed by atoms with van der Waals surface area (Å²) in [4.78, 5) is 16.7. The molecular weight excluding hydrogens is 316 g/mol. The molecule has 0 saturated heterocycles. The van der Waals surface area contributed by atoms with Gasteiger partial charge in [-0.2, -0.15) is 5.10 Å². The molecular formula is C19H28N4O2. The third-order valence-corrected chi connectivity index (χ3v) is 4.94. The van der Waals surface area contributed by atoms with E-state index >= 15 is 0 Å². The van der Waals surface area contributed by atoms with E-state index in [1.807, 2.05) is 10.7 Å². The summed E-state index contributed by atoms with van der Waals surface area (Å²) >= 11 is 0. The number of rotatable bonds is 6. The molecule has 2 heterocycles. The fraction of sp³-hybridized carbons (Fsp3) is 0.632. The second kappa shape index (κ2) is 7.95. The van der Waals surface area contributed by atoms with Crippen LogP contribution in [0.3, 0.4) is 0 Å². The molecule has 0 aliphatic heterocycles. The van der Waals surface area contributed by atoms with Crippen LogP contribution in [0.15, 0.2) is 18.5 Å². The Kier molecular flexibility index (Phi) is 5.68. The molecule has 136 valence electrons. The van der Waals surface area contributed by atoms with Crippen LogP contribution in [-0.2, 0) is 4.74 Å². The molecule has 6 nitrogen and oxygen atoms in total. The van der Waals surface area contributed by atoms with Crippen molar-refractivity contribution >= 4 is 16.9 Å². The second-order valence-corrected chi connectivity index (χ2v) is 7.25. The first-order chi connectivity index (χ1) is 12.1. The van der Waals surface area contributed by atoms with Crippen molar-refractivity contribution in [3.8, 4) is 0 Å². The third kappa shape index (κ3) is 4.18. The number of hydrogen-bond acceptors (Lipinski definition) is 4. The Morgan fingerprint density at radius 1 is 1.36 bits per heavy atom. The molecule has 1 saturated carbocycles. The highest BCUT2D eigenvalue weighted by atomic mass is 16.5. The lowest BCUT2D eigenvalue weighted by Crippen LogP contribution is -2.31. The molecule has 0 radical (unpaired) electrons. The minimum Gasteiger partial charge on any atom is -0.376 e. The van der Waals surface area contributed by atoms with Crippen molar-refractivity contribution in [2.24, 2.45) is 5.92 Å². The number of carbonyl (C=O) groups is 1. The second-order valence-electron chi connectivity index (χ2n) is 7.25. The molecule has 6 heteroatoms. The first kappa shape index (κ1) is 17.9. The number of pyridine rings is 1. The summed E-state index contributed by atoms with van der Waals surface area (Å²) in [6.07, 6.45) is 8.64. The van der Waals surface area contributed by atoms with Gasteiger partial charge in [0.15, 0.2) is 5.65 Å². The molecule has 1 aliphatic rings. The Hall–Kier alpha value is -1.95. The van der Waals surface area contributed by atoms with Crippen molar-refractivity contribution in [1.29, 1.82) is 0 Å². The molecule has 1 fully saturated rings. The highest BCUT2D eigenvalue weighted by Crippen LogP contribution is 2.26. The summed E-state index contributed by atoms with van der Waals surface area (Å²) in [5, 5.41) is 8.13. The van der Waals surface area contributed by atoms with E-state index in [9.17, 15) is 4.79 Å². The van der Waals surface area contributed by atoms with Gasteiger partial charge in [-0.1, -0.05) is 19.8 Å². The van der Waals surface area contributed by atoms with Gasteiger partial charge in [0.05, 0.1) is 24.5 Å². The van der Waals surface area contributed by atoms with E-state index in [-0.39, 0.29) is 11.9 Å². The van der Waals surface area contributed by atoms with Crippen LogP contribution in [0.1, 0.15) is 62.9 Å². The average Bonchev–Trinajstić information content (AvgIpc) is 3.03. The van der Waals surface area contributed by atoms with Crippen LogP contribution in [0.25, 0.3) is 11.0 Å². The summed E-state index contributed by atoms with van der Waals surface area (Å²) in [7, 11) is 0. The van der Waals surface area contributed by atoms with Crippen LogP contribution in [-0.4, -0.2) is 39.9 Å². The van der Waals surface area contributed by atoms with Crippen molar-refractivity contribution in [2.45, 2.75) is 58.6 Å². The normalized spacial score (nSPS) is 21.0. The minimum atomic E-state index is -0.119. The van der Waals surface area contributed by atoms with Crippen molar-refractivity contribution in [2.75, 3.05) is 13.2 Å². The van der Waals surface area contributed by atoms with Gasteiger partial charge in [-0.15, -0.1) is 0 Å². The van der Waals surface area contributed by atoms with Gasteiger partial charge < -0.3 is 10.1 Å². The zero-order valence-electron chi connectivity index (χ0n) is 15.4. The lowest BCUT2D eigenvalue weighted by atomic mass is 9.88. The zero-order chi connectivity index (χ0) is 17.8. The smallest absolute Gasteiger partial charge is 0.252 e. The standard InChI is InChI=1S/C19H28N4O2/c1-13(2)23-18-15(12-22-23)10-16(11-21-18)19(24)20-8-9-25-17-7-5-4-6-14(17)3/h10-14,17H,4-9H2,1-3H3,(H,20,24)/t14-,17-/m1/s1. The fourth-order valence-corrected chi connectivity index (χ4v) is 3.45. The average molecular weight is 344 g/mol. The Morgan fingerprint density at radius 3 is 2.92 bits per heavy atom. The molecule has 1 amide bonds. The quantitative estimate of drug-likeness (QED) is 0.816. The van der Waals surface area contributed by atoms with Crippen LogP contribution >= 0.6 is 0 Å². The molecule has 0 spiro atoms. The summed E-state index contributed by atoms with van der Waals surface area (Å²) < 4.78 is 7.80. The summed E-state index contributed by atoms with van der Waals surface area (Å²) in [5.74, 6) is 0.501. The number of nitrogens with one attached hydrogen (secondary N) is 1. The molecule has 1 N–H and O–H groups in total. The van der Waals surface area contributed by atoms with E-state index in [2.05, 4.69) is 36.2 Å². The lowest BCUT2D eigenvalue weighted by molar-refractivity contribution is -0.00293. The van der Waals surface area contributed by atoms with Crippen molar-refractivity contribution in [3.63, 3.8) is 0 Å². The molecule has 2 aromatic heterocycles. The van der Waals surface area contributed by atoms with Gasteiger partial charge in [-0.05, 0) is 38.7 Å². The maximum atomic E-state index is 12.3. The van der Waals surface area contributed by atoms with Crippen LogP contribution in [0.4, 0.5) is 0 Å². The molecule has 1 aliphatic carbocycles. The van der Waals surface area contributed by atoms with Gasteiger partial charge in [-0.25, -0.2) is 9.67 Å². The predicted molar refractivity (Wildman–Crippen MR) is 97.6 cm³/mol. The number of hydrogen-bond donors (Lipinski definition) is 1. The maximum absolute atomic E-state index is 12.3. The Morgan fingerprint density at radius 2 is 2.16 bits per heavy atom. The van der Waals surface area contributed by atoms with Gasteiger partial charge >= 0.3 is 0 Å². The highest BCUT2D eigenvalue weighted by molar-refractivity contribution is 5.96. The largest absolute Gasteiger partial charge is 0.376 e. The van der Waals surface area contributed by atoms with E-state index in [0.29, 0.717) is 30.7 Å². The Bertz CT molecular complexity index is 725. The molecule has 25 heavy (non-hydrogen) atoms. The molecule has 0 aromatic carbocycles. The minimum absolute atomic E-state index is 0.119. The van der Waals surface area contributed by atoms with E-state index in [1.165, 1.54) is 19.3 Å². The molecule has 3 rings (SSSR count). The molecule has 0 bridgehead atoms. The van der Waals surface area contributed by atoms with Gasteiger partial charge in [0, 0.05) is 24.2 Å². The zero-order valence-corrected chi connectivity index (χ0v) is 15.4. The predicted octanol–water partition coefficient (Wildman–Crippen LogP) is 3.34. The number of carbonyl (C=O) groups excluding carboxylic acids is 1. The van der Waals surface area contributed by atoms with E-state index in [0.717, 1.165) is 17.5 Å². The van der Waals surface area contributed by atoms with Crippen molar-refractivity contribution in [3.05, 3.63) is 24.0 Å². The molecule has 2 atom stereocenters. The van der Waals surface area contributed by atoms with E-state index < -0.39 is 0 Å². The number of ether oxygens (including phenoxy) is 1. The summed E-state index contributed by atoms with van der Waals surface area (Å²) in [5.41, 5.74) is 1.36. The summed E-state index contributed by atoms with van der Waals surface area (Å²) in [6.45, 7) is 7.44. The SMILES string of the molecule is CC(C)n1ncc2cc(C(=O)NCCO[C@@H]3CCCC[C@H]3C)cnc21. The van der Waals surface area contributed by atoms with Gasteiger partial charge in [0.25, 0.3) is 5.91 Å². The van der Waals surface area contributed by atoms with Crippen LogP contribution < -0.4 is 5.32 Å². The van der Waals surface area contributed by atoms with Crippen molar-refractivity contribution < 1.29 is 9.53 Å². The number of fused-ring (bicyclic) bond motifs is 1. The highest BCUT2D eigenvalue weighted by Gasteiger charge is 2.21. The molecule has 2 aromatic rings. The monoisotopic (exact) mass is 344 g/mol. The lowest BCUT2D eigenvalue weighted by Gasteiger charge is -2.28. The fourth-order valence-electron chi connectivity index (χ4n) is 3.45. The van der Waals surface area contributed by atoms with E-state index in [4.69, 9.17) is 4.74 Å². The number of amides is 1. The van der Waals surface area contributed by atoms with Gasteiger partial charge in [0.1, 0.15) is 0 Å². The topological polar surface area (TPSA) is 69.0 Å². The van der Waals surface area contributed by atoms with Gasteiger partial charge in [-0.3, -0.25) is 4.79 Å². The van der Waals surface area contributed by atoms with Crippen LogP contribution in [0.2, 0.25) is 0 Å². The maximum Gasteiger partial charge on any atom is 0.252 e. The van der Waals surface area contributed by atoms with Crippen LogP contribution in [0, 0.1) is 5.92 Å².